The van der Waals surface area contributed by atoms with E-state index >= 15 is 0 Å². The number of nitrogens with zero attached hydrogens (tertiary/aromatic N) is 2. The van der Waals surface area contributed by atoms with Crippen LogP contribution in [0.4, 0.5) is 0 Å². The third-order valence-corrected chi connectivity index (χ3v) is 4.85. The Kier molecular flexibility index (Phi) is 3.14. The van der Waals surface area contributed by atoms with Crippen molar-refractivity contribution in [1.82, 2.24) is 9.97 Å². The molecule has 90 valence electrons. The monoisotopic (exact) mass is 248 g/mol. The molecule has 1 saturated heterocycles. The number of thioether (sulfide) groups is 1. The fourth-order valence-electron chi connectivity index (χ4n) is 2.51. The van der Waals surface area contributed by atoms with Gasteiger partial charge < -0.3 is 0 Å². The normalized spacial score (nSPS) is 24.5. The highest BCUT2D eigenvalue weighted by Gasteiger charge is 2.23. The minimum absolute atomic E-state index is 0.217. The van der Waals surface area contributed by atoms with Crippen LogP contribution in [0.15, 0.2) is 6.20 Å². The van der Waals surface area contributed by atoms with Crippen molar-refractivity contribution >= 4 is 17.5 Å². The van der Waals surface area contributed by atoms with Crippen molar-refractivity contribution in [3.05, 3.63) is 23.3 Å². The number of fused-ring (bicyclic) bond motifs is 1. The summed E-state index contributed by atoms with van der Waals surface area (Å²) in [5.41, 5.74) is 1.75. The molecular formula is C13H16N2OS. The van der Waals surface area contributed by atoms with Crippen molar-refractivity contribution in [2.45, 2.75) is 43.8 Å². The molecule has 0 aromatic carbocycles. The molecule has 4 heteroatoms. The minimum Gasteiger partial charge on any atom is -0.294 e. The van der Waals surface area contributed by atoms with Gasteiger partial charge in [-0.25, -0.2) is 9.97 Å². The number of aryl methyl sites for hydroxylation is 1. The zero-order valence-corrected chi connectivity index (χ0v) is 10.6. The largest absolute Gasteiger partial charge is 0.294 e. The van der Waals surface area contributed by atoms with Crippen LogP contribution in [-0.4, -0.2) is 21.5 Å². The van der Waals surface area contributed by atoms with Gasteiger partial charge in [0.1, 0.15) is 5.82 Å². The molecule has 0 saturated carbocycles. The number of carbonyl (C=O) groups excluding carboxylic acids is 1. The molecule has 1 fully saturated rings. The Hall–Kier alpha value is -0.900. The Morgan fingerprint density at radius 2 is 2.18 bits per heavy atom. The van der Waals surface area contributed by atoms with Crippen molar-refractivity contribution in [3.63, 3.8) is 0 Å². The maximum Gasteiger partial charge on any atom is 0.166 e. The standard InChI is InChI=1S/C13H16N2OS/c16-11-5-3-4-10-9(11)8-14-13(15-10)12-6-1-2-7-17-12/h8,12H,1-7H2. The first-order valence-electron chi connectivity index (χ1n) is 6.35. The van der Waals surface area contributed by atoms with E-state index < -0.39 is 0 Å². The van der Waals surface area contributed by atoms with Crippen LogP contribution in [0.2, 0.25) is 0 Å². The fraction of sp³-hybridized carbons (Fsp3) is 0.615. The summed E-state index contributed by atoms with van der Waals surface area (Å²) in [5, 5.41) is 0.450. The summed E-state index contributed by atoms with van der Waals surface area (Å²) >= 11 is 1.96. The zero-order chi connectivity index (χ0) is 11.7. The molecule has 1 atom stereocenters. The smallest absolute Gasteiger partial charge is 0.166 e. The SMILES string of the molecule is O=C1CCCc2nc(C3CCCCS3)ncc21. The second-order valence-electron chi connectivity index (χ2n) is 4.72. The lowest BCUT2D eigenvalue weighted by atomic mass is 9.96. The average Bonchev–Trinajstić information content (AvgIpc) is 2.40. The van der Waals surface area contributed by atoms with E-state index in [0.717, 1.165) is 29.9 Å². The van der Waals surface area contributed by atoms with E-state index in [4.69, 9.17) is 0 Å². The molecule has 0 amide bonds. The van der Waals surface area contributed by atoms with Crippen LogP contribution in [0.25, 0.3) is 0 Å². The van der Waals surface area contributed by atoms with Crippen molar-refractivity contribution in [1.29, 1.82) is 0 Å². The van der Waals surface area contributed by atoms with Gasteiger partial charge in [0.05, 0.1) is 16.5 Å². The van der Waals surface area contributed by atoms with Gasteiger partial charge in [0.2, 0.25) is 0 Å². The Morgan fingerprint density at radius 1 is 1.24 bits per heavy atom. The molecule has 2 aliphatic rings. The molecule has 2 heterocycles. The first kappa shape index (κ1) is 11.2. The molecule has 1 aromatic rings. The lowest BCUT2D eigenvalue weighted by Gasteiger charge is -2.21. The number of Topliss-reactive ketones (excluding diaryl/α,β-unsaturated/α-hetero) is 1. The molecule has 0 N–H and O–H groups in total. The van der Waals surface area contributed by atoms with Gasteiger partial charge in [0.25, 0.3) is 0 Å². The summed E-state index contributed by atoms with van der Waals surface area (Å²) < 4.78 is 0. The molecule has 3 rings (SSSR count). The van der Waals surface area contributed by atoms with Crippen molar-refractivity contribution < 1.29 is 4.79 Å². The van der Waals surface area contributed by atoms with E-state index in [0.29, 0.717) is 11.7 Å². The summed E-state index contributed by atoms with van der Waals surface area (Å²) in [6, 6.07) is 0. The van der Waals surface area contributed by atoms with Gasteiger partial charge in [-0.1, -0.05) is 6.42 Å². The van der Waals surface area contributed by atoms with Gasteiger partial charge in [0, 0.05) is 12.6 Å². The number of carbonyl (C=O) groups is 1. The molecule has 1 aliphatic carbocycles. The molecule has 1 unspecified atom stereocenters. The third-order valence-electron chi connectivity index (χ3n) is 3.47. The highest BCUT2D eigenvalue weighted by molar-refractivity contribution is 7.99. The zero-order valence-electron chi connectivity index (χ0n) is 9.82. The van der Waals surface area contributed by atoms with Gasteiger partial charge >= 0.3 is 0 Å². The predicted octanol–water partition coefficient (Wildman–Crippen LogP) is 2.95. The lowest BCUT2D eigenvalue weighted by Crippen LogP contribution is -2.16. The van der Waals surface area contributed by atoms with E-state index in [1.807, 2.05) is 11.8 Å². The summed E-state index contributed by atoms with van der Waals surface area (Å²) in [6.07, 6.45) is 8.06. The Morgan fingerprint density at radius 3 is 3.00 bits per heavy atom. The Labute approximate surface area is 105 Å². The van der Waals surface area contributed by atoms with E-state index in [9.17, 15) is 4.79 Å². The quantitative estimate of drug-likeness (QED) is 0.766. The van der Waals surface area contributed by atoms with Gasteiger partial charge in [-0.2, -0.15) is 11.8 Å². The molecule has 0 spiro atoms. The maximum absolute atomic E-state index is 11.7. The maximum atomic E-state index is 11.7. The van der Waals surface area contributed by atoms with Crippen molar-refractivity contribution in [3.8, 4) is 0 Å². The Balaban J connectivity index is 1.89. The molecule has 0 radical (unpaired) electrons. The molecular weight excluding hydrogens is 232 g/mol. The highest BCUT2D eigenvalue weighted by atomic mass is 32.2. The van der Waals surface area contributed by atoms with Gasteiger partial charge in [-0.15, -0.1) is 0 Å². The molecule has 1 aromatic heterocycles. The highest BCUT2D eigenvalue weighted by Crippen LogP contribution is 2.36. The van der Waals surface area contributed by atoms with Crippen LogP contribution in [0.5, 0.6) is 0 Å². The number of rotatable bonds is 1. The van der Waals surface area contributed by atoms with Gasteiger partial charge in [-0.3, -0.25) is 4.79 Å². The fourth-order valence-corrected chi connectivity index (χ4v) is 3.76. The topological polar surface area (TPSA) is 42.9 Å². The van der Waals surface area contributed by atoms with E-state index in [1.54, 1.807) is 6.20 Å². The van der Waals surface area contributed by atoms with Crippen molar-refractivity contribution in [2.75, 3.05) is 5.75 Å². The van der Waals surface area contributed by atoms with Crippen LogP contribution < -0.4 is 0 Å². The first-order chi connectivity index (χ1) is 8.34. The van der Waals surface area contributed by atoms with Crippen LogP contribution in [0.3, 0.4) is 0 Å². The average molecular weight is 248 g/mol. The van der Waals surface area contributed by atoms with Crippen LogP contribution >= 0.6 is 11.8 Å². The van der Waals surface area contributed by atoms with E-state index in [1.165, 1.54) is 25.0 Å². The summed E-state index contributed by atoms with van der Waals surface area (Å²) in [4.78, 5) is 20.7. The molecule has 17 heavy (non-hydrogen) atoms. The molecule has 0 bridgehead atoms. The van der Waals surface area contributed by atoms with Gasteiger partial charge in [0.15, 0.2) is 5.78 Å². The summed E-state index contributed by atoms with van der Waals surface area (Å²) in [7, 11) is 0. The number of ketones is 1. The molecule has 3 nitrogen and oxygen atoms in total. The second kappa shape index (κ2) is 4.77. The van der Waals surface area contributed by atoms with E-state index in [2.05, 4.69) is 9.97 Å². The Bertz CT molecular complexity index is 441. The van der Waals surface area contributed by atoms with Crippen LogP contribution in [0.1, 0.15) is 59.2 Å². The van der Waals surface area contributed by atoms with Crippen molar-refractivity contribution in [2.24, 2.45) is 0 Å². The first-order valence-corrected chi connectivity index (χ1v) is 7.40. The van der Waals surface area contributed by atoms with Crippen LogP contribution in [-0.2, 0) is 6.42 Å². The second-order valence-corrected chi connectivity index (χ2v) is 6.03. The lowest BCUT2D eigenvalue weighted by molar-refractivity contribution is 0.0971. The van der Waals surface area contributed by atoms with Crippen LogP contribution in [0, 0.1) is 0 Å². The number of hydrogen-bond donors (Lipinski definition) is 0. The summed E-state index contributed by atoms with van der Waals surface area (Å²) in [6.45, 7) is 0. The number of hydrogen-bond acceptors (Lipinski definition) is 4. The minimum atomic E-state index is 0.217. The number of aromatic nitrogens is 2. The molecule has 1 aliphatic heterocycles. The third kappa shape index (κ3) is 2.23. The predicted molar refractivity (Wildman–Crippen MR) is 68.4 cm³/mol. The van der Waals surface area contributed by atoms with Gasteiger partial charge in [-0.05, 0) is 31.4 Å². The van der Waals surface area contributed by atoms with E-state index in [-0.39, 0.29) is 5.78 Å². The summed E-state index contributed by atoms with van der Waals surface area (Å²) in [5.74, 6) is 2.38.